The minimum Gasteiger partial charge on any atom is -0.481 e. The van der Waals surface area contributed by atoms with Crippen molar-refractivity contribution >= 4 is 23.6 Å². The first-order valence-corrected chi connectivity index (χ1v) is 4.87. The second-order valence-electron chi connectivity index (χ2n) is 2.69. The summed E-state index contributed by atoms with van der Waals surface area (Å²) in [6.45, 7) is -0.0907. The minimum atomic E-state index is -4.44. The van der Waals surface area contributed by atoms with E-state index in [1.165, 1.54) is 7.05 Å². The van der Waals surface area contributed by atoms with E-state index in [2.05, 4.69) is 0 Å². The van der Waals surface area contributed by atoms with Crippen LogP contribution in [0.1, 0.15) is 6.42 Å². The second kappa shape index (κ2) is 5.84. The van der Waals surface area contributed by atoms with Crippen LogP contribution in [-0.4, -0.2) is 46.7 Å². The van der Waals surface area contributed by atoms with Crippen LogP contribution in [0.5, 0.6) is 0 Å². The number of hydrogen-bond donors (Lipinski definition) is 1. The third-order valence-corrected chi connectivity index (χ3v) is 2.16. The lowest BCUT2D eigenvalue weighted by atomic mass is 10.4. The Labute approximate surface area is 88.4 Å². The number of hydrogen-bond acceptors (Lipinski definition) is 3. The van der Waals surface area contributed by atoms with Gasteiger partial charge in [0.15, 0.2) is 0 Å². The number of carbonyl (C=O) groups excluding carboxylic acids is 1. The molecule has 0 bridgehead atoms. The first kappa shape index (κ1) is 14.1. The molecule has 1 N–H and O–H groups in total. The monoisotopic (exact) mass is 245 g/mol. The van der Waals surface area contributed by atoms with Crippen molar-refractivity contribution in [2.24, 2.45) is 0 Å². The summed E-state index contributed by atoms with van der Waals surface area (Å²) in [7, 11) is 1.27. The Morgan fingerprint density at radius 1 is 1.40 bits per heavy atom. The molecule has 88 valence electrons. The molecule has 0 atom stereocenters. The van der Waals surface area contributed by atoms with E-state index in [-0.39, 0.29) is 13.0 Å². The number of alkyl halides is 3. The normalized spacial score (nSPS) is 11.2. The molecule has 0 saturated carbocycles. The molecular weight excluding hydrogens is 235 g/mol. The maximum atomic E-state index is 11.7. The van der Waals surface area contributed by atoms with Gasteiger partial charge in [0.25, 0.3) is 0 Å². The molecule has 0 aliphatic rings. The van der Waals surface area contributed by atoms with Crippen molar-refractivity contribution < 1.29 is 27.9 Å². The number of rotatable bonds is 5. The first-order chi connectivity index (χ1) is 6.72. The summed E-state index contributed by atoms with van der Waals surface area (Å²) in [5.74, 6) is -2.56. The average Bonchev–Trinajstić information content (AvgIpc) is 2.08. The molecule has 0 aliphatic carbocycles. The third kappa shape index (κ3) is 8.10. The lowest BCUT2D eigenvalue weighted by molar-refractivity contribution is -0.138. The molecular formula is C7H10F3NO3S. The Kier molecular flexibility index (Phi) is 5.48. The van der Waals surface area contributed by atoms with Crippen LogP contribution < -0.4 is 0 Å². The van der Waals surface area contributed by atoms with Gasteiger partial charge in [0, 0.05) is 13.6 Å². The van der Waals surface area contributed by atoms with Crippen molar-refractivity contribution in [2.45, 2.75) is 11.9 Å². The van der Waals surface area contributed by atoms with Gasteiger partial charge in [-0.05, 0) is 11.8 Å². The predicted molar refractivity (Wildman–Crippen MR) is 48.4 cm³/mol. The molecule has 0 aromatic heterocycles. The molecule has 15 heavy (non-hydrogen) atoms. The van der Waals surface area contributed by atoms with Crippen molar-refractivity contribution in [3.8, 4) is 0 Å². The maximum Gasteiger partial charge on any atom is 0.442 e. The van der Waals surface area contributed by atoms with Crippen LogP contribution in [0.2, 0.25) is 0 Å². The third-order valence-electron chi connectivity index (χ3n) is 1.45. The van der Waals surface area contributed by atoms with E-state index in [1.807, 2.05) is 0 Å². The fraction of sp³-hybridized carbons (Fsp3) is 0.714. The van der Waals surface area contributed by atoms with Crippen molar-refractivity contribution in [2.75, 3.05) is 19.3 Å². The quantitative estimate of drug-likeness (QED) is 0.790. The molecule has 0 radical (unpaired) electrons. The Bertz CT molecular complexity index is 244. The van der Waals surface area contributed by atoms with Gasteiger partial charge in [-0.15, -0.1) is 0 Å². The van der Waals surface area contributed by atoms with E-state index in [0.717, 1.165) is 4.90 Å². The summed E-state index contributed by atoms with van der Waals surface area (Å²) in [5.41, 5.74) is -4.44. The van der Waals surface area contributed by atoms with Gasteiger partial charge < -0.3 is 10.0 Å². The summed E-state index contributed by atoms with van der Waals surface area (Å²) >= 11 is -0.434. The minimum absolute atomic E-state index is 0.0907. The zero-order valence-corrected chi connectivity index (χ0v) is 8.69. The average molecular weight is 245 g/mol. The van der Waals surface area contributed by atoms with Crippen LogP contribution in [0.4, 0.5) is 13.2 Å². The summed E-state index contributed by atoms with van der Waals surface area (Å²) in [4.78, 5) is 22.1. The molecule has 0 aromatic rings. The van der Waals surface area contributed by atoms with Crippen molar-refractivity contribution in [3.05, 3.63) is 0 Å². The molecule has 8 heteroatoms. The van der Waals surface area contributed by atoms with Crippen LogP contribution in [0.3, 0.4) is 0 Å². The Balaban J connectivity index is 3.84. The number of thioether (sulfide) groups is 1. The number of aliphatic carboxylic acids is 1. The molecule has 0 spiro atoms. The summed E-state index contributed by atoms with van der Waals surface area (Å²) in [6, 6.07) is 0. The van der Waals surface area contributed by atoms with E-state index in [4.69, 9.17) is 5.11 Å². The van der Waals surface area contributed by atoms with Crippen LogP contribution in [0.25, 0.3) is 0 Å². The van der Waals surface area contributed by atoms with Gasteiger partial charge in [-0.25, -0.2) is 0 Å². The second-order valence-corrected chi connectivity index (χ2v) is 3.73. The summed E-state index contributed by atoms with van der Waals surface area (Å²) in [6.07, 6.45) is -0.279. The highest BCUT2D eigenvalue weighted by Gasteiger charge is 2.29. The lowest BCUT2D eigenvalue weighted by Crippen LogP contribution is -2.31. The van der Waals surface area contributed by atoms with E-state index >= 15 is 0 Å². The number of carboxylic acids is 1. The van der Waals surface area contributed by atoms with E-state index < -0.39 is 34.9 Å². The molecule has 0 fully saturated rings. The van der Waals surface area contributed by atoms with Gasteiger partial charge in [-0.3, -0.25) is 9.59 Å². The van der Waals surface area contributed by atoms with Gasteiger partial charge in [0.05, 0.1) is 12.2 Å². The molecule has 0 rings (SSSR count). The SMILES string of the molecule is CN(CCC(=O)O)C(=O)CSC(F)(F)F. The Morgan fingerprint density at radius 3 is 2.33 bits per heavy atom. The summed E-state index contributed by atoms with van der Waals surface area (Å²) in [5, 5.41) is 8.28. The predicted octanol–water partition coefficient (Wildman–Crippen LogP) is 1.17. The maximum absolute atomic E-state index is 11.7. The Hall–Kier alpha value is -0.920. The van der Waals surface area contributed by atoms with E-state index in [1.54, 1.807) is 0 Å². The molecule has 4 nitrogen and oxygen atoms in total. The number of carboxylic acid groups (broad SMARTS) is 1. The fourth-order valence-electron chi connectivity index (χ4n) is 0.642. The zero-order valence-electron chi connectivity index (χ0n) is 7.87. The van der Waals surface area contributed by atoms with E-state index in [0.29, 0.717) is 0 Å². The van der Waals surface area contributed by atoms with Crippen molar-refractivity contribution in [1.29, 1.82) is 0 Å². The van der Waals surface area contributed by atoms with Gasteiger partial charge in [-0.2, -0.15) is 13.2 Å². The largest absolute Gasteiger partial charge is 0.481 e. The van der Waals surface area contributed by atoms with Crippen LogP contribution in [0.15, 0.2) is 0 Å². The van der Waals surface area contributed by atoms with Gasteiger partial charge >= 0.3 is 11.5 Å². The highest BCUT2D eigenvalue weighted by molar-refractivity contribution is 8.00. The van der Waals surface area contributed by atoms with Gasteiger partial charge in [0.1, 0.15) is 0 Å². The molecule has 0 unspecified atom stereocenters. The van der Waals surface area contributed by atoms with Crippen molar-refractivity contribution in [3.63, 3.8) is 0 Å². The van der Waals surface area contributed by atoms with Crippen LogP contribution >= 0.6 is 11.8 Å². The standard InChI is InChI=1S/C7H10F3NO3S/c1-11(3-2-6(13)14)5(12)4-15-7(8,9)10/h2-4H2,1H3,(H,13,14). The molecule has 1 amide bonds. The van der Waals surface area contributed by atoms with Crippen LogP contribution in [-0.2, 0) is 9.59 Å². The smallest absolute Gasteiger partial charge is 0.442 e. The lowest BCUT2D eigenvalue weighted by Gasteiger charge is -2.15. The molecule has 0 aliphatic heterocycles. The fourth-order valence-corrected chi connectivity index (χ4v) is 1.15. The Morgan fingerprint density at radius 2 is 1.93 bits per heavy atom. The topological polar surface area (TPSA) is 57.6 Å². The number of amides is 1. The summed E-state index contributed by atoms with van der Waals surface area (Å²) < 4.78 is 35.1. The molecule has 0 saturated heterocycles. The number of carbonyl (C=O) groups is 2. The first-order valence-electron chi connectivity index (χ1n) is 3.89. The van der Waals surface area contributed by atoms with Gasteiger partial charge in [-0.1, -0.05) is 0 Å². The highest BCUT2D eigenvalue weighted by Crippen LogP contribution is 2.29. The number of halogens is 3. The van der Waals surface area contributed by atoms with E-state index in [9.17, 15) is 22.8 Å². The van der Waals surface area contributed by atoms with Crippen molar-refractivity contribution in [1.82, 2.24) is 4.90 Å². The highest BCUT2D eigenvalue weighted by atomic mass is 32.2. The van der Waals surface area contributed by atoms with Crippen LogP contribution in [0, 0.1) is 0 Å². The zero-order chi connectivity index (χ0) is 12.1. The number of nitrogens with zero attached hydrogens (tertiary/aromatic N) is 1. The molecule has 0 aromatic carbocycles. The molecule has 0 heterocycles. The van der Waals surface area contributed by atoms with Gasteiger partial charge in [0.2, 0.25) is 5.91 Å².